The van der Waals surface area contributed by atoms with Gasteiger partial charge < -0.3 is 9.30 Å². The quantitative estimate of drug-likeness (QED) is 0.742. The summed E-state index contributed by atoms with van der Waals surface area (Å²) < 4.78 is 2.12. The van der Waals surface area contributed by atoms with E-state index in [1.165, 1.54) is 5.69 Å². The summed E-state index contributed by atoms with van der Waals surface area (Å²) in [4.78, 5) is 18.1. The predicted octanol–water partition coefficient (Wildman–Crippen LogP) is 2.06. The number of aromatic nitrogens is 2. The second-order valence-electron chi connectivity index (χ2n) is 5.07. The van der Waals surface area contributed by atoms with Crippen molar-refractivity contribution < 1.29 is 4.79 Å². The van der Waals surface area contributed by atoms with E-state index >= 15 is 0 Å². The second kappa shape index (κ2) is 5.38. The first-order valence-corrected chi connectivity index (χ1v) is 6.93. The van der Waals surface area contributed by atoms with Crippen LogP contribution in [-0.4, -0.2) is 33.3 Å². The number of hydrogen-bond donors (Lipinski definition) is 0. The molecule has 1 aliphatic heterocycles. The summed E-state index contributed by atoms with van der Waals surface area (Å²) in [5, 5.41) is 0. The van der Waals surface area contributed by atoms with Crippen LogP contribution in [0.2, 0.25) is 0 Å². The molecule has 2 aromatic rings. The van der Waals surface area contributed by atoms with E-state index in [4.69, 9.17) is 0 Å². The van der Waals surface area contributed by atoms with Gasteiger partial charge in [-0.2, -0.15) is 0 Å². The average molecular weight is 267 g/mol. The van der Waals surface area contributed by atoms with Crippen LogP contribution in [0.3, 0.4) is 0 Å². The molecular formula is C16H17N3O. The Hall–Kier alpha value is -2.28. The van der Waals surface area contributed by atoms with Crippen molar-refractivity contribution in [2.24, 2.45) is 0 Å². The molecule has 0 spiro atoms. The maximum absolute atomic E-state index is 11.9. The minimum Gasteiger partial charge on any atom is -0.331 e. The van der Waals surface area contributed by atoms with E-state index in [2.05, 4.69) is 27.3 Å². The van der Waals surface area contributed by atoms with Gasteiger partial charge in [-0.3, -0.25) is 4.79 Å². The summed E-state index contributed by atoms with van der Waals surface area (Å²) in [6, 6.07) is 6.15. The minimum atomic E-state index is -0.0602. The normalized spacial score (nSPS) is 18.6. The van der Waals surface area contributed by atoms with E-state index in [1.807, 2.05) is 29.4 Å². The molecule has 1 saturated heterocycles. The molecule has 2 aromatic heterocycles. The first-order chi connectivity index (χ1) is 9.79. The van der Waals surface area contributed by atoms with E-state index in [-0.39, 0.29) is 5.91 Å². The monoisotopic (exact) mass is 267 g/mol. The Morgan fingerprint density at radius 2 is 2.35 bits per heavy atom. The lowest BCUT2D eigenvalue weighted by molar-refractivity contribution is -0.126. The fraction of sp³-hybridized carbons (Fsp3) is 0.375. The fourth-order valence-electron chi connectivity index (χ4n) is 2.89. The molecule has 0 saturated carbocycles. The lowest BCUT2D eigenvalue weighted by atomic mass is 9.94. The molecule has 0 bridgehead atoms. The number of imidazole rings is 1. The number of carbonyl (C=O) groups excluding carboxylic acids is 1. The van der Waals surface area contributed by atoms with Crippen LogP contribution in [0, 0.1) is 11.8 Å². The van der Waals surface area contributed by atoms with Gasteiger partial charge in [-0.25, -0.2) is 4.98 Å². The molecule has 1 fully saturated rings. The van der Waals surface area contributed by atoms with Gasteiger partial charge >= 0.3 is 0 Å². The van der Waals surface area contributed by atoms with Crippen molar-refractivity contribution in [1.29, 1.82) is 0 Å². The minimum absolute atomic E-state index is 0.0602. The molecular weight excluding hydrogens is 250 g/mol. The van der Waals surface area contributed by atoms with Crippen LogP contribution in [0.4, 0.5) is 0 Å². The highest BCUT2D eigenvalue weighted by atomic mass is 16.2. The Morgan fingerprint density at radius 3 is 3.20 bits per heavy atom. The maximum Gasteiger partial charge on any atom is 0.298 e. The van der Waals surface area contributed by atoms with Crippen molar-refractivity contribution in [3.05, 3.63) is 36.3 Å². The molecule has 0 aliphatic carbocycles. The van der Waals surface area contributed by atoms with Crippen LogP contribution in [-0.2, 0) is 4.79 Å². The lowest BCUT2D eigenvalue weighted by Gasteiger charge is -2.32. The Bertz CT molecular complexity index is 692. The Morgan fingerprint density at radius 1 is 1.45 bits per heavy atom. The molecule has 4 heteroatoms. The summed E-state index contributed by atoms with van der Waals surface area (Å²) in [7, 11) is 0. The fourth-order valence-corrected chi connectivity index (χ4v) is 2.89. The molecule has 20 heavy (non-hydrogen) atoms. The molecule has 0 radical (unpaired) electrons. The van der Waals surface area contributed by atoms with E-state index in [9.17, 15) is 4.79 Å². The third-order valence-electron chi connectivity index (χ3n) is 3.82. The zero-order valence-corrected chi connectivity index (χ0v) is 11.5. The van der Waals surface area contributed by atoms with Crippen molar-refractivity contribution >= 4 is 11.6 Å². The number of rotatable bonds is 1. The number of carbonyl (C=O) groups is 1. The second-order valence-corrected chi connectivity index (χ2v) is 5.07. The molecule has 1 aliphatic rings. The Balaban J connectivity index is 1.88. The highest BCUT2D eigenvalue weighted by molar-refractivity contribution is 5.93. The summed E-state index contributed by atoms with van der Waals surface area (Å²) in [5.41, 5.74) is 2.18. The van der Waals surface area contributed by atoms with Gasteiger partial charge in [-0.05, 0) is 37.8 Å². The number of piperidine rings is 1. The zero-order chi connectivity index (χ0) is 13.9. The van der Waals surface area contributed by atoms with Gasteiger partial charge in [-0.1, -0.05) is 12.0 Å². The van der Waals surface area contributed by atoms with Gasteiger partial charge in [0.1, 0.15) is 5.65 Å². The standard InChI is InChI=1S/C16H17N3O/c1-2-5-16(20)18-10-4-6-13(12-18)14-7-3-8-15-17-9-11-19(14)15/h3,7-9,11,13H,4,6,10,12H2,1H3. The smallest absolute Gasteiger partial charge is 0.298 e. The van der Waals surface area contributed by atoms with Gasteiger partial charge in [0.15, 0.2) is 0 Å². The maximum atomic E-state index is 11.9. The molecule has 0 aromatic carbocycles. The molecule has 3 rings (SSSR count). The van der Waals surface area contributed by atoms with Crippen LogP contribution in [0.1, 0.15) is 31.4 Å². The van der Waals surface area contributed by atoms with Gasteiger partial charge in [0.2, 0.25) is 0 Å². The van der Waals surface area contributed by atoms with Crippen molar-refractivity contribution in [2.75, 3.05) is 13.1 Å². The van der Waals surface area contributed by atoms with Gasteiger partial charge in [0, 0.05) is 37.1 Å². The van der Waals surface area contributed by atoms with Gasteiger partial charge in [0.05, 0.1) is 0 Å². The highest BCUT2D eigenvalue weighted by Gasteiger charge is 2.25. The summed E-state index contributed by atoms with van der Waals surface area (Å²) in [6.45, 7) is 3.25. The first-order valence-electron chi connectivity index (χ1n) is 6.93. The molecule has 4 nitrogen and oxygen atoms in total. The zero-order valence-electron chi connectivity index (χ0n) is 11.5. The molecule has 1 atom stereocenters. The van der Waals surface area contributed by atoms with Crippen LogP contribution in [0.25, 0.3) is 5.65 Å². The number of fused-ring (bicyclic) bond motifs is 1. The van der Waals surface area contributed by atoms with Crippen LogP contribution in [0.15, 0.2) is 30.6 Å². The van der Waals surface area contributed by atoms with Crippen molar-refractivity contribution in [3.8, 4) is 11.8 Å². The highest BCUT2D eigenvalue weighted by Crippen LogP contribution is 2.27. The van der Waals surface area contributed by atoms with E-state index < -0.39 is 0 Å². The number of amides is 1. The van der Waals surface area contributed by atoms with E-state index in [0.717, 1.165) is 31.6 Å². The molecule has 102 valence electrons. The van der Waals surface area contributed by atoms with Crippen molar-refractivity contribution in [1.82, 2.24) is 14.3 Å². The third-order valence-corrected chi connectivity index (χ3v) is 3.82. The van der Waals surface area contributed by atoms with Crippen molar-refractivity contribution in [2.45, 2.75) is 25.7 Å². The molecule has 3 heterocycles. The van der Waals surface area contributed by atoms with Crippen LogP contribution >= 0.6 is 0 Å². The lowest BCUT2D eigenvalue weighted by Crippen LogP contribution is -2.38. The van der Waals surface area contributed by atoms with Gasteiger partial charge in [0.25, 0.3) is 5.91 Å². The molecule has 0 N–H and O–H groups in total. The summed E-state index contributed by atoms with van der Waals surface area (Å²) >= 11 is 0. The number of hydrogen-bond acceptors (Lipinski definition) is 2. The number of nitrogens with zero attached hydrogens (tertiary/aromatic N) is 3. The predicted molar refractivity (Wildman–Crippen MR) is 77.2 cm³/mol. The summed E-state index contributed by atoms with van der Waals surface area (Å²) in [5.74, 6) is 5.62. The van der Waals surface area contributed by atoms with Gasteiger partial charge in [-0.15, -0.1) is 0 Å². The van der Waals surface area contributed by atoms with Crippen LogP contribution in [0.5, 0.6) is 0 Å². The molecule has 1 unspecified atom stereocenters. The SMILES string of the molecule is CC#CC(=O)N1CCCC(c2cccc3nccn23)C1. The van der Waals surface area contributed by atoms with Crippen LogP contribution < -0.4 is 0 Å². The summed E-state index contributed by atoms with van der Waals surface area (Å²) in [6.07, 6.45) is 5.91. The third kappa shape index (κ3) is 2.27. The first kappa shape index (κ1) is 12.7. The Labute approximate surface area is 118 Å². The topological polar surface area (TPSA) is 37.6 Å². The average Bonchev–Trinajstić information content (AvgIpc) is 2.96. The largest absolute Gasteiger partial charge is 0.331 e. The van der Waals surface area contributed by atoms with Crippen molar-refractivity contribution in [3.63, 3.8) is 0 Å². The van der Waals surface area contributed by atoms with E-state index in [0.29, 0.717) is 5.92 Å². The van der Waals surface area contributed by atoms with E-state index in [1.54, 1.807) is 6.92 Å². The number of pyridine rings is 1. The molecule has 1 amide bonds. The Kier molecular flexibility index (Phi) is 3.42. The number of likely N-dealkylation sites (tertiary alicyclic amines) is 1.